The van der Waals surface area contributed by atoms with Gasteiger partial charge in [0.2, 0.25) is 11.6 Å². The van der Waals surface area contributed by atoms with Gasteiger partial charge in [0.15, 0.2) is 5.78 Å². The number of ketones is 3. The number of carbonyl (C=O) groups excluding carboxylic acids is 3. The molecular formula is C35H44O4. The minimum atomic E-state index is -0.462. The molecule has 2 aliphatic rings. The highest BCUT2D eigenvalue weighted by molar-refractivity contribution is 6.54. The molecule has 4 rings (SSSR count). The number of aryl methyl sites for hydroxylation is 1. The zero-order valence-corrected chi connectivity index (χ0v) is 24.8. The molecule has 4 heteroatoms. The molecule has 0 saturated heterocycles. The summed E-state index contributed by atoms with van der Waals surface area (Å²) in [4.78, 5) is 40.0. The van der Waals surface area contributed by atoms with Gasteiger partial charge in [-0.3, -0.25) is 14.4 Å². The Morgan fingerprint density at radius 2 is 1.62 bits per heavy atom. The van der Waals surface area contributed by atoms with Crippen molar-refractivity contribution in [2.45, 2.75) is 73.6 Å². The lowest BCUT2D eigenvalue weighted by Crippen LogP contribution is -2.35. The first-order chi connectivity index (χ1) is 18.4. The van der Waals surface area contributed by atoms with Crippen LogP contribution in [0, 0.1) is 42.4 Å². The third kappa shape index (κ3) is 5.81. The number of methoxy groups -OCH3 is 1. The number of rotatable bonds is 9. The predicted octanol–water partition coefficient (Wildman–Crippen LogP) is 7.66. The Morgan fingerprint density at radius 1 is 0.949 bits per heavy atom. The van der Waals surface area contributed by atoms with Crippen LogP contribution in [0.3, 0.4) is 0 Å². The summed E-state index contributed by atoms with van der Waals surface area (Å²) in [7, 11) is 1.60. The molecule has 0 amide bonds. The van der Waals surface area contributed by atoms with Crippen molar-refractivity contribution in [3.63, 3.8) is 0 Å². The van der Waals surface area contributed by atoms with Crippen LogP contribution in [-0.2, 0) is 16.0 Å². The van der Waals surface area contributed by atoms with Crippen molar-refractivity contribution in [2.24, 2.45) is 35.5 Å². The van der Waals surface area contributed by atoms with Crippen LogP contribution in [0.4, 0.5) is 0 Å². The van der Waals surface area contributed by atoms with Gasteiger partial charge in [0.1, 0.15) is 5.75 Å². The number of hydrogen-bond acceptors (Lipinski definition) is 4. The van der Waals surface area contributed by atoms with Gasteiger partial charge < -0.3 is 4.74 Å². The van der Waals surface area contributed by atoms with Crippen molar-refractivity contribution in [3.05, 3.63) is 70.3 Å². The van der Waals surface area contributed by atoms with Crippen LogP contribution >= 0.6 is 0 Å². The number of ether oxygens (including phenoxy) is 1. The second kappa shape index (κ2) is 11.6. The van der Waals surface area contributed by atoms with E-state index in [0.29, 0.717) is 34.3 Å². The fourth-order valence-electron chi connectivity index (χ4n) is 6.55. The molecule has 2 aromatic rings. The largest absolute Gasteiger partial charge is 0.496 e. The van der Waals surface area contributed by atoms with E-state index in [1.54, 1.807) is 21.0 Å². The van der Waals surface area contributed by atoms with E-state index in [9.17, 15) is 14.4 Å². The summed E-state index contributed by atoms with van der Waals surface area (Å²) in [5.74, 6) is 0.725. The first-order valence-electron chi connectivity index (χ1n) is 14.5. The van der Waals surface area contributed by atoms with Crippen LogP contribution < -0.4 is 4.74 Å². The Balaban J connectivity index is 1.63. The molecule has 4 nitrogen and oxygen atoms in total. The average Bonchev–Trinajstić information content (AvgIpc) is 3.28. The van der Waals surface area contributed by atoms with Crippen LogP contribution in [-0.4, -0.2) is 24.5 Å². The number of allylic oxidation sites excluding steroid dienone is 2. The van der Waals surface area contributed by atoms with Gasteiger partial charge in [0.25, 0.3) is 0 Å². The normalized spacial score (nSPS) is 24.5. The lowest BCUT2D eigenvalue weighted by atomic mass is 9.66. The summed E-state index contributed by atoms with van der Waals surface area (Å²) >= 11 is 0. The summed E-state index contributed by atoms with van der Waals surface area (Å²) in [6, 6.07) is 12.6. The zero-order valence-electron chi connectivity index (χ0n) is 24.8. The summed E-state index contributed by atoms with van der Waals surface area (Å²) in [5.41, 5.74) is 5.26. The molecule has 0 aliphatic heterocycles. The molecule has 0 radical (unpaired) electrons. The van der Waals surface area contributed by atoms with Gasteiger partial charge in [-0.15, -0.1) is 0 Å². The fourth-order valence-corrected chi connectivity index (χ4v) is 6.55. The topological polar surface area (TPSA) is 60.4 Å². The highest BCUT2D eigenvalue weighted by Gasteiger charge is 2.39. The van der Waals surface area contributed by atoms with E-state index in [0.717, 1.165) is 24.8 Å². The molecule has 0 heterocycles. The first kappa shape index (κ1) is 29.0. The summed E-state index contributed by atoms with van der Waals surface area (Å²) < 4.78 is 5.77. The molecule has 0 spiro atoms. The lowest BCUT2D eigenvalue weighted by molar-refractivity contribution is -0.135. The van der Waals surface area contributed by atoms with Crippen LogP contribution in [0.15, 0.2) is 42.5 Å². The van der Waals surface area contributed by atoms with E-state index in [1.165, 1.54) is 11.1 Å². The lowest BCUT2D eigenvalue weighted by Gasteiger charge is -2.38. The standard InChI is InChI=1S/C35H44O4/c1-19(2)26-16-30(35(38)33(36)20(3)4)28-17-31(32(39-8)18-29(26)28)34(37)27-14-22(6)25(13-23(27)7)15-24-11-9-21(5)10-12-24/h9-12,16-20,22-23,25-27H,13-15H2,1-8H3/t22?,23-,25?,26?,27?/m1/s1. The second-order valence-electron chi connectivity index (χ2n) is 12.7. The number of fused-ring (bicyclic) bond motifs is 1. The van der Waals surface area contributed by atoms with Crippen LogP contribution in [0.5, 0.6) is 5.75 Å². The molecule has 2 aromatic carbocycles. The molecular weight excluding hydrogens is 484 g/mol. The smallest absolute Gasteiger partial charge is 0.229 e. The summed E-state index contributed by atoms with van der Waals surface area (Å²) in [6.07, 6.45) is 4.79. The van der Waals surface area contributed by atoms with E-state index < -0.39 is 11.6 Å². The third-order valence-electron chi connectivity index (χ3n) is 9.09. The zero-order chi connectivity index (χ0) is 28.6. The van der Waals surface area contributed by atoms with Crippen LogP contribution in [0.2, 0.25) is 0 Å². The SMILES string of the molecule is COc1cc2c(cc1C(=O)C1CC(C)C(Cc3ccc(C)cc3)C[C@H]1C)C(C(=O)C(=O)C(C)C)=CC2C(C)C. The molecule has 5 atom stereocenters. The molecule has 208 valence electrons. The minimum absolute atomic E-state index is 0.00637. The molecule has 1 saturated carbocycles. The Bertz CT molecular complexity index is 1280. The van der Waals surface area contributed by atoms with E-state index in [4.69, 9.17) is 4.74 Å². The van der Waals surface area contributed by atoms with Crippen molar-refractivity contribution in [1.82, 2.24) is 0 Å². The van der Waals surface area contributed by atoms with E-state index in [1.807, 2.05) is 18.2 Å². The van der Waals surface area contributed by atoms with Crippen LogP contribution in [0.25, 0.3) is 5.57 Å². The van der Waals surface area contributed by atoms with Gasteiger partial charge in [-0.25, -0.2) is 0 Å². The van der Waals surface area contributed by atoms with Crippen molar-refractivity contribution >= 4 is 22.9 Å². The van der Waals surface area contributed by atoms with Gasteiger partial charge in [-0.1, -0.05) is 77.4 Å². The molecule has 2 aliphatic carbocycles. The van der Waals surface area contributed by atoms with E-state index in [-0.39, 0.29) is 35.4 Å². The predicted molar refractivity (Wildman–Crippen MR) is 157 cm³/mol. The maximum Gasteiger partial charge on any atom is 0.229 e. The van der Waals surface area contributed by atoms with Gasteiger partial charge in [0.05, 0.1) is 12.7 Å². The van der Waals surface area contributed by atoms with Gasteiger partial charge in [-0.2, -0.15) is 0 Å². The second-order valence-corrected chi connectivity index (χ2v) is 12.7. The Hall–Kier alpha value is -3.01. The van der Waals surface area contributed by atoms with Crippen molar-refractivity contribution in [2.75, 3.05) is 7.11 Å². The molecule has 0 N–H and O–H groups in total. The first-order valence-corrected chi connectivity index (χ1v) is 14.5. The Morgan fingerprint density at radius 3 is 2.21 bits per heavy atom. The van der Waals surface area contributed by atoms with Crippen molar-refractivity contribution < 1.29 is 19.1 Å². The Labute approximate surface area is 234 Å². The number of benzene rings is 2. The Kier molecular flexibility index (Phi) is 8.63. The quantitative estimate of drug-likeness (QED) is 0.248. The number of Topliss-reactive ketones (excluding diaryl/α,β-unsaturated/α-hetero) is 3. The number of carbonyl (C=O) groups is 3. The van der Waals surface area contributed by atoms with Gasteiger partial charge in [0, 0.05) is 23.3 Å². The summed E-state index contributed by atoms with van der Waals surface area (Å²) in [6.45, 7) is 14.3. The summed E-state index contributed by atoms with van der Waals surface area (Å²) in [5, 5.41) is 0. The van der Waals surface area contributed by atoms with E-state index in [2.05, 4.69) is 58.9 Å². The molecule has 1 fully saturated rings. The molecule has 0 bridgehead atoms. The molecule has 0 aromatic heterocycles. The monoisotopic (exact) mass is 528 g/mol. The average molecular weight is 529 g/mol. The van der Waals surface area contributed by atoms with Crippen molar-refractivity contribution in [1.29, 1.82) is 0 Å². The maximum absolute atomic E-state index is 14.1. The molecule has 39 heavy (non-hydrogen) atoms. The van der Waals surface area contributed by atoms with E-state index >= 15 is 0 Å². The maximum atomic E-state index is 14.1. The van der Waals surface area contributed by atoms with Gasteiger partial charge >= 0.3 is 0 Å². The number of hydrogen-bond donors (Lipinski definition) is 0. The highest BCUT2D eigenvalue weighted by Crippen LogP contribution is 2.46. The minimum Gasteiger partial charge on any atom is -0.496 e. The third-order valence-corrected chi connectivity index (χ3v) is 9.09. The van der Waals surface area contributed by atoms with Crippen LogP contribution in [0.1, 0.15) is 92.9 Å². The fraction of sp³-hybridized carbons (Fsp3) is 0.514. The molecule has 4 unspecified atom stereocenters. The van der Waals surface area contributed by atoms with Gasteiger partial charge in [-0.05, 0) is 78.7 Å². The van der Waals surface area contributed by atoms with Crippen molar-refractivity contribution in [3.8, 4) is 5.75 Å². The highest BCUT2D eigenvalue weighted by atomic mass is 16.5.